The molecular formula is C9H14O5. The van der Waals surface area contributed by atoms with E-state index in [9.17, 15) is 5.11 Å². The van der Waals surface area contributed by atoms with Gasteiger partial charge < -0.3 is 24.1 Å². The molecule has 3 rings (SSSR count). The smallest absolute Gasteiger partial charge is 0.190 e. The van der Waals surface area contributed by atoms with E-state index in [1.54, 1.807) is 0 Å². The molecule has 0 aromatic carbocycles. The lowest BCUT2D eigenvalue weighted by atomic mass is 10.0. The van der Waals surface area contributed by atoms with E-state index in [1.165, 1.54) is 0 Å². The summed E-state index contributed by atoms with van der Waals surface area (Å²) < 4.78 is 22.1. The third kappa shape index (κ3) is 1.14. The molecule has 3 fully saturated rings. The van der Waals surface area contributed by atoms with Crippen LogP contribution in [0.15, 0.2) is 0 Å². The highest BCUT2D eigenvalue weighted by Crippen LogP contribution is 2.40. The summed E-state index contributed by atoms with van der Waals surface area (Å²) in [6.45, 7) is 4.08. The molecular weight excluding hydrogens is 188 g/mol. The fraction of sp³-hybridized carbons (Fsp3) is 1.00. The zero-order valence-electron chi connectivity index (χ0n) is 8.17. The van der Waals surface area contributed by atoms with Gasteiger partial charge in [0.2, 0.25) is 0 Å². The Morgan fingerprint density at radius 2 is 2.00 bits per heavy atom. The molecule has 5 heteroatoms. The SMILES string of the molecule is CC1(C)O[C@H]2OC3COC([C@H]3O)[C@@H]2O1. The van der Waals surface area contributed by atoms with E-state index < -0.39 is 18.2 Å². The molecule has 5 nitrogen and oxygen atoms in total. The summed E-state index contributed by atoms with van der Waals surface area (Å²) in [6, 6.07) is 0. The second-order valence-electron chi connectivity index (χ2n) is 4.43. The number of ether oxygens (including phenoxy) is 4. The summed E-state index contributed by atoms with van der Waals surface area (Å²) in [5.74, 6) is -0.650. The minimum Gasteiger partial charge on any atom is -0.387 e. The average molecular weight is 202 g/mol. The average Bonchev–Trinajstić information content (AvgIpc) is 2.50. The minimum atomic E-state index is -0.650. The fourth-order valence-corrected chi connectivity index (χ4v) is 2.28. The van der Waals surface area contributed by atoms with Crippen LogP contribution < -0.4 is 0 Å². The van der Waals surface area contributed by atoms with Gasteiger partial charge in [-0.15, -0.1) is 0 Å². The van der Waals surface area contributed by atoms with Crippen LogP contribution in [0.4, 0.5) is 0 Å². The highest BCUT2D eigenvalue weighted by Gasteiger charge is 2.57. The van der Waals surface area contributed by atoms with Gasteiger partial charge in [0.15, 0.2) is 12.1 Å². The first-order chi connectivity index (χ1) is 6.57. The molecule has 0 amide bonds. The molecule has 3 aliphatic rings. The molecule has 0 aromatic rings. The molecule has 0 aliphatic carbocycles. The first-order valence-corrected chi connectivity index (χ1v) is 4.88. The highest BCUT2D eigenvalue weighted by molar-refractivity contribution is 4.98. The zero-order chi connectivity index (χ0) is 9.92. The van der Waals surface area contributed by atoms with E-state index in [0.29, 0.717) is 6.61 Å². The van der Waals surface area contributed by atoms with Crippen LogP contribution in [0.25, 0.3) is 0 Å². The topological polar surface area (TPSA) is 57.2 Å². The Bertz CT molecular complexity index is 254. The van der Waals surface area contributed by atoms with Gasteiger partial charge in [0.1, 0.15) is 24.4 Å². The molecule has 0 radical (unpaired) electrons. The molecule has 1 N–H and O–H groups in total. The molecule has 3 heterocycles. The summed E-state index contributed by atoms with van der Waals surface area (Å²) in [5.41, 5.74) is 0. The fourth-order valence-electron chi connectivity index (χ4n) is 2.28. The van der Waals surface area contributed by atoms with Crippen molar-refractivity contribution in [1.82, 2.24) is 0 Å². The van der Waals surface area contributed by atoms with E-state index >= 15 is 0 Å². The summed E-state index contributed by atoms with van der Waals surface area (Å²) in [4.78, 5) is 0. The third-order valence-electron chi connectivity index (χ3n) is 2.89. The quantitative estimate of drug-likeness (QED) is 0.580. The van der Waals surface area contributed by atoms with E-state index in [-0.39, 0.29) is 18.3 Å². The van der Waals surface area contributed by atoms with Crippen LogP contribution in [0.5, 0.6) is 0 Å². The van der Waals surface area contributed by atoms with Crippen LogP contribution in [0.1, 0.15) is 13.8 Å². The molecule has 0 aromatic heterocycles. The lowest BCUT2D eigenvalue weighted by Gasteiger charge is -2.31. The van der Waals surface area contributed by atoms with Crippen molar-refractivity contribution in [2.75, 3.05) is 6.61 Å². The summed E-state index contributed by atoms with van der Waals surface area (Å²) >= 11 is 0. The van der Waals surface area contributed by atoms with Gasteiger partial charge in [-0.1, -0.05) is 0 Å². The van der Waals surface area contributed by atoms with Crippen molar-refractivity contribution in [3.05, 3.63) is 0 Å². The molecule has 0 spiro atoms. The van der Waals surface area contributed by atoms with Gasteiger partial charge >= 0.3 is 0 Å². The van der Waals surface area contributed by atoms with Crippen LogP contribution in [0.2, 0.25) is 0 Å². The Balaban J connectivity index is 1.86. The summed E-state index contributed by atoms with van der Waals surface area (Å²) in [5, 5.41) is 9.74. The van der Waals surface area contributed by atoms with Gasteiger partial charge in [-0.3, -0.25) is 0 Å². The van der Waals surface area contributed by atoms with Crippen LogP contribution in [0.3, 0.4) is 0 Å². The Morgan fingerprint density at radius 3 is 2.79 bits per heavy atom. The molecule has 2 bridgehead atoms. The number of rotatable bonds is 0. The van der Waals surface area contributed by atoms with Gasteiger partial charge in [-0.05, 0) is 13.8 Å². The summed E-state index contributed by atoms with van der Waals surface area (Å²) in [7, 11) is 0. The van der Waals surface area contributed by atoms with Crippen LogP contribution >= 0.6 is 0 Å². The molecule has 14 heavy (non-hydrogen) atoms. The zero-order valence-corrected chi connectivity index (χ0v) is 8.17. The van der Waals surface area contributed by atoms with Gasteiger partial charge in [0, 0.05) is 0 Å². The predicted molar refractivity (Wildman–Crippen MR) is 44.4 cm³/mol. The second kappa shape index (κ2) is 2.68. The Hall–Kier alpha value is -0.200. The number of fused-ring (bicyclic) bond motifs is 4. The molecule has 3 aliphatic heterocycles. The van der Waals surface area contributed by atoms with Crippen LogP contribution in [-0.2, 0) is 18.9 Å². The Kier molecular flexibility index (Phi) is 1.73. The maximum absolute atomic E-state index is 9.74. The second-order valence-corrected chi connectivity index (χ2v) is 4.43. The maximum Gasteiger partial charge on any atom is 0.190 e. The number of aliphatic hydroxyl groups excluding tert-OH is 1. The van der Waals surface area contributed by atoms with Crippen molar-refractivity contribution in [3.8, 4) is 0 Å². The standard InChI is InChI=1S/C9H14O5/c1-9(2)13-7-6-5(10)4(3-11-6)12-8(7)14-9/h4-8,10H,3H2,1-2H3/t4?,5-,6?,7-,8+/m0/s1. The van der Waals surface area contributed by atoms with Crippen LogP contribution in [-0.4, -0.2) is 48.2 Å². The van der Waals surface area contributed by atoms with E-state index in [4.69, 9.17) is 18.9 Å². The number of aliphatic hydroxyl groups is 1. The largest absolute Gasteiger partial charge is 0.387 e. The first-order valence-electron chi connectivity index (χ1n) is 4.88. The number of hydrogen-bond donors (Lipinski definition) is 1. The molecule has 80 valence electrons. The predicted octanol–water partition coefficient (Wildman–Crippen LogP) is -0.378. The van der Waals surface area contributed by atoms with Crippen molar-refractivity contribution in [3.63, 3.8) is 0 Å². The maximum atomic E-state index is 9.74. The van der Waals surface area contributed by atoms with Gasteiger partial charge in [0.25, 0.3) is 0 Å². The van der Waals surface area contributed by atoms with Crippen LogP contribution in [0, 0.1) is 0 Å². The van der Waals surface area contributed by atoms with Crippen molar-refractivity contribution in [1.29, 1.82) is 0 Å². The molecule has 0 saturated carbocycles. The summed E-state index contributed by atoms with van der Waals surface area (Å²) in [6.07, 6.45) is -1.86. The normalized spacial score (nSPS) is 54.6. The first kappa shape index (κ1) is 9.06. The lowest BCUT2D eigenvalue weighted by molar-refractivity contribution is -0.218. The highest BCUT2D eigenvalue weighted by atomic mass is 16.8. The van der Waals surface area contributed by atoms with Gasteiger partial charge in [-0.2, -0.15) is 0 Å². The van der Waals surface area contributed by atoms with Gasteiger partial charge in [-0.25, -0.2) is 0 Å². The molecule has 5 atom stereocenters. The lowest BCUT2D eigenvalue weighted by Crippen LogP contribution is -2.51. The van der Waals surface area contributed by atoms with Gasteiger partial charge in [0.05, 0.1) is 6.61 Å². The molecule has 2 unspecified atom stereocenters. The Morgan fingerprint density at radius 1 is 1.21 bits per heavy atom. The monoisotopic (exact) mass is 202 g/mol. The van der Waals surface area contributed by atoms with Crippen molar-refractivity contribution in [2.45, 2.75) is 50.3 Å². The van der Waals surface area contributed by atoms with E-state index in [1.807, 2.05) is 13.8 Å². The van der Waals surface area contributed by atoms with E-state index in [0.717, 1.165) is 0 Å². The minimum absolute atomic E-state index is 0.265. The van der Waals surface area contributed by atoms with Crippen molar-refractivity contribution in [2.24, 2.45) is 0 Å². The van der Waals surface area contributed by atoms with Crippen molar-refractivity contribution >= 4 is 0 Å². The third-order valence-corrected chi connectivity index (χ3v) is 2.89. The van der Waals surface area contributed by atoms with Crippen molar-refractivity contribution < 1.29 is 24.1 Å². The number of hydrogen-bond acceptors (Lipinski definition) is 5. The Labute approximate surface area is 81.9 Å². The van der Waals surface area contributed by atoms with E-state index in [2.05, 4.69) is 0 Å². The molecule has 3 saturated heterocycles.